The molecule has 1 saturated heterocycles. The first-order chi connectivity index (χ1) is 15.4. The number of amides is 3. The van der Waals surface area contributed by atoms with Gasteiger partial charge in [-0.25, -0.2) is 4.79 Å². The smallest absolute Gasteiger partial charge is 0.322 e. The molecule has 2 atom stereocenters. The molecule has 8 heteroatoms. The van der Waals surface area contributed by atoms with Crippen molar-refractivity contribution >= 4 is 11.9 Å². The molecule has 3 heterocycles. The van der Waals surface area contributed by atoms with Gasteiger partial charge < -0.3 is 24.6 Å². The molecule has 0 radical (unpaired) electrons. The van der Waals surface area contributed by atoms with Crippen LogP contribution in [-0.2, 0) is 4.79 Å². The Morgan fingerprint density at radius 2 is 1.78 bits per heavy atom. The van der Waals surface area contributed by atoms with E-state index < -0.39 is 6.04 Å². The van der Waals surface area contributed by atoms with Crippen LogP contribution in [0, 0.1) is 0 Å². The number of likely N-dealkylation sites (tertiary alicyclic amines) is 1. The van der Waals surface area contributed by atoms with Crippen LogP contribution in [0.15, 0.2) is 29.5 Å². The van der Waals surface area contributed by atoms with Crippen LogP contribution in [0.4, 0.5) is 4.79 Å². The number of nitrogens with one attached hydrogen (secondary N) is 1. The van der Waals surface area contributed by atoms with Crippen molar-refractivity contribution in [2.24, 2.45) is 0 Å². The molecule has 4 rings (SSSR count). The molecule has 1 aromatic rings. The second kappa shape index (κ2) is 9.40. The molecule has 1 aromatic carbocycles. The third kappa shape index (κ3) is 4.28. The Kier molecular flexibility index (Phi) is 6.60. The summed E-state index contributed by atoms with van der Waals surface area (Å²) in [6.45, 7) is 5.58. The van der Waals surface area contributed by atoms with Crippen LogP contribution < -0.4 is 14.8 Å². The fraction of sp³-hybridized carbons (Fsp3) is 0.583. The lowest BCUT2D eigenvalue weighted by Gasteiger charge is -2.33. The number of hydrogen-bond acceptors (Lipinski definition) is 5. The number of methoxy groups -OCH3 is 2. The minimum atomic E-state index is -0.530. The van der Waals surface area contributed by atoms with Gasteiger partial charge in [0, 0.05) is 32.2 Å². The maximum atomic E-state index is 13.4. The zero-order valence-corrected chi connectivity index (χ0v) is 19.5. The number of ether oxygens (including phenoxy) is 2. The van der Waals surface area contributed by atoms with Gasteiger partial charge in [0.15, 0.2) is 0 Å². The van der Waals surface area contributed by atoms with Gasteiger partial charge in [0.1, 0.15) is 11.5 Å². The second-order valence-electron chi connectivity index (χ2n) is 8.91. The molecular weight excluding hydrogens is 408 g/mol. The normalized spacial score (nSPS) is 24.0. The fourth-order valence-corrected chi connectivity index (χ4v) is 5.00. The SMILES string of the molecule is COc1cc(OC)cc(C2NC(=O)N(C)C3=C2C(=O)N(CCCN2CCCCC2C)C3)c1. The lowest BCUT2D eigenvalue weighted by molar-refractivity contribution is -0.125. The lowest BCUT2D eigenvalue weighted by Crippen LogP contribution is -2.45. The fourth-order valence-electron chi connectivity index (χ4n) is 5.00. The van der Waals surface area contributed by atoms with Gasteiger partial charge in [0.25, 0.3) is 5.91 Å². The molecule has 3 aliphatic heterocycles. The van der Waals surface area contributed by atoms with Gasteiger partial charge in [-0.1, -0.05) is 6.42 Å². The van der Waals surface area contributed by atoms with E-state index in [1.807, 2.05) is 17.0 Å². The van der Waals surface area contributed by atoms with E-state index in [-0.39, 0.29) is 11.9 Å². The second-order valence-corrected chi connectivity index (χ2v) is 8.91. The van der Waals surface area contributed by atoms with E-state index in [4.69, 9.17) is 9.47 Å². The van der Waals surface area contributed by atoms with Gasteiger partial charge >= 0.3 is 6.03 Å². The molecule has 1 fully saturated rings. The Bertz CT molecular complexity index is 893. The van der Waals surface area contributed by atoms with E-state index in [9.17, 15) is 9.59 Å². The summed E-state index contributed by atoms with van der Waals surface area (Å²) in [4.78, 5) is 32.1. The van der Waals surface area contributed by atoms with Gasteiger partial charge in [-0.05, 0) is 50.4 Å². The lowest BCUT2D eigenvalue weighted by atomic mass is 9.95. The molecule has 2 unspecified atom stereocenters. The van der Waals surface area contributed by atoms with Crippen molar-refractivity contribution in [3.8, 4) is 11.5 Å². The van der Waals surface area contributed by atoms with Gasteiger partial charge in [-0.15, -0.1) is 0 Å². The number of benzene rings is 1. The quantitative estimate of drug-likeness (QED) is 0.703. The van der Waals surface area contributed by atoms with E-state index >= 15 is 0 Å². The minimum absolute atomic E-state index is 0.00895. The van der Waals surface area contributed by atoms with E-state index in [0.717, 1.165) is 30.8 Å². The Morgan fingerprint density at radius 1 is 1.06 bits per heavy atom. The highest BCUT2D eigenvalue weighted by Gasteiger charge is 2.43. The Hall–Kier alpha value is -2.74. The number of carbonyl (C=O) groups excluding carboxylic acids is 2. The highest BCUT2D eigenvalue weighted by Crippen LogP contribution is 2.38. The Labute approximate surface area is 190 Å². The third-order valence-corrected chi connectivity index (χ3v) is 6.96. The van der Waals surface area contributed by atoms with Crippen molar-refractivity contribution in [2.75, 3.05) is 47.4 Å². The molecule has 0 bridgehead atoms. The molecule has 8 nitrogen and oxygen atoms in total. The molecule has 0 saturated carbocycles. The summed E-state index contributed by atoms with van der Waals surface area (Å²) in [5.41, 5.74) is 2.18. The van der Waals surface area contributed by atoms with Crippen LogP contribution in [0.25, 0.3) is 0 Å². The number of carbonyl (C=O) groups is 2. The zero-order valence-electron chi connectivity index (χ0n) is 19.5. The molecular formula is C24H34N4O4. The average molecular weight is 443 g/mol. The number of piperidine rings is 1. The number of rotatable bonds is 7. The maximum Gasteiger partial charge on any atom is 0.322 e. The first-order valence-corrected chi connectivity index (χ1v) is 11.5. The number of hydrogen-bond donors (Lipinski definition) is 1. The number of nitrogens with zero attached hydrogens (tertiary/aromatic N) is 3. The van der Waals surface area contributed by atoms with Crippen LogP contribution in [0.1, 0.15) is 44.2 Å². The molecule has 3 aliphatic rings. The molecule has 32 heavy (non-hydrogen) atoms. The van der Waals surface area contributed by atoms with Crippen molar-refractivity contribution in [1.29, 1.82) is 0 Å². The summed E-state index contributed by atoms with van der Waals surface area (Å²) in [5.74, 6) is 1.23. The van der Waals surface area contributed by atoms with Crippen LogP contribution in [0.3, 0.4) is 0 Å². The summed E-state index contributed by atoms with van der Waals surface area (Å²) in [6, 6.07) is 5.34. The summed E-state index contributed by atoms with van der Waals surface area (Å²) in [5, 5.41) is 2.98. The van der Waals surface area contributed by atoms with E-state index in [2.05, 4.69) is 17.1 Å². The van der Waals surface area contributed by atoms with Crippen molar-refractivity contribution < 1.29 is 19.1 Å². The summed E-state index contributed by atoms with van der Waals surface area (Å²) < 4.78 is 10.8. The van der Waals surface area contributed by atoms with Crippen molar-refractivity contribution in [3.05, 3.63) is 35.0 Å². The maximum absolute atomic E-state index is 13.4. The van der Waals surface area contributed by atoms with Gasteiger partial charge in [0.05, 0.1) is 38.1 Å². The van der Waals surface area contributed by atoms with Gasteiger partial charge in [0.2, 0.25) is 0 Å². The van der Waals surface area contributed by atoms with Crippen LogP contribution in [-0.4, -0.2) is 80.1 Å². The van der Waals surface area contributed by atoms with Crippen LogP contribution in [0.5, 0.6) is 11.5 Å². The standard InChI is InChI=1S/C24H34N4O4/c1-16-8-5-6-9-27(16)10-7-11-28-15-20-21(23(28)29)22(25-24(30)26(20)2)17-12-18(31-3)14-19(13-17)32-4/h12-14,16,22H,5-11,15H2,1-4H3,(H,25,30). The Morgan fingerprint density at radius 3 is 2.44 bits per heavy atom. The molecule has 1 N–H and O–H groups in total. The monoisotopic (exact) mass is 442 g/mol. The topological polar surface area (TPSA) is 74.3 Å². The minimum Gasteiger partial charge on any atom is -0.497 e. The van der Waals surface area contributed by atoms with Gasteiger partial charge in [-0.2, -0.15) is 0 Å². The van der Waals surface area contributed by atoms with Crippen LogP contribution in [0.2, 0.25) is 0 Å². The molecule has 3 amide bonds. The third-order valence-electron chi connectivity index (χ3n) is 6.96. The molecule has 174 valence electrons. The first-order valence-electron chi connectivity index (χ1n) is 11.5. The van der Waals surface area contributed by atoms with E-state index in [1.165, 1.54) is 19.3 Å². The van der Waals surface area contributed by atoms with Gasteiger partial charge in [-0.3, -0.25) is 9.69 Å². The predicted octanol–water partition coefficient (Wildman–Crippen LogP) is 2.76. The van der Waals surface area contributed by atoms with E-state index in [1.54, 1.807) is 32.2 Å². The summed E-state index contributed by atoms with van der Waals surface area (Å²) in [7, 11) is 4.89. The van der Waals surface area contributed by atoms with Crippen molar-refractivity contribution in [3.63, 3.8) is 0 Å². The zero-order chi connectivity index (χ0) is 22.8. The van der Waals surface area contributed by atoms with Crippen molar-refractivity contribution in [1.82, 2.24) is 20.0 Å². The summed E-state index contributed by atoms with van der Waals surface area (Å²) >= 11 is 0. The first kappa shape index (κ1) is 22.5. The largest absolute Gasteiger partial charge is 0.497 e. The van der Waals surface area contributed by atoms with Crippen LogP contribution >= 0.6 is 0 Å². The van der Waals surface area contributed by atoms with E-state index in [0.29, 0.717) is 36.2 Å². The summed E-state index contributed by atoms with van der Waals surface area (Å²) in [6.07, 6.45) is 4.75. The Balaban J connectivity index is 1.52. The predicted molar refractivity (Wildman–Crippen MR) is 122 cm³/mol. The molecule has 0 spiro atoms. The van der Waals surface area contributed by atoms with Crippen molar-refractivity contribution in [2.45, 2.75) is 44.7 Å². The highest BCUT2D eigenvalue weighted by atomic mass is 16.5. The number of likely N-dealkylation sites (N-methyl/N-ethyl adjacent to an activating group) is 1. The highest BCUT2D eigenvalue weighted by molar-refractivity contribution is 6.01. The molecule has 0 aromatic heterocycles. The molecule has 0 aliphatic carbocycles. The number of urea groups is 1. The average Bonchev–Trinajstić information content (AvgIpc) is 3.13.